The lowest BCUT2D eigenvalue weighted by Gasteiger charge is -2.27. The molecule has 1 rings (SSSR count). The Bertz CT molecular complexity index is 508. The second-order valence-electron chi connectivity index (χ2n) is 4.96. The van der Waals surface area contributed by atoms with Gasteiger partial charge in [0.15, 0.2) is 18.1 Å². The summed E-state index contributed by atoms with van der Waals surface area (Å²) in [4.78, 5) is 11.9. The Morgan fingerprint density at radius 3 is 2.50 bits per heavy atom. The van der Waals surface area contributed by atoms with Crippen LogP contribution >= 0.6 is 0 Å². The molecule has 1 N–H and O–H groups in total. The van der Waals surface area contributed by atoms with Crippen LogP contribution in [0.3, 0.4) is 0 Å². The van der Waals surface area contributed by atoms with Crippen LogP contribution in [0.2, 0.25) is 0 Å². The van der Waals surface area contributed by atoms with Crippen molar-refractivity contribution in [2.45, 2.75) is 26.3 Å². The Morgan fingerprint density at radius 2 is 2.00 bits per heavy atom. The zero-order valence-corrected chi connectivity index (χ0v) is 12.3. The van der Waals surface area contributed by atoms with Gasteiger partial charge in [-0.3, -0.25) is 4.79 Å². The molecule has 0 aliphatic carbocycles. The Kier molecular flexibility index (Phi) is 5.39. The number of ether oxygens (including phenoxy) is 2. The highest BCUT2D eigenvalue weighted by Crippen LogP contribution is 2.25. The average molecular weight is 276 g/mol. The van der Waals surface area contributed by atoms with Gasteiger partial charge in [0.05, 0.1) is 13.2 Å². The summed E-state index contributed by atoms with van der Waals surface area (Å²) in [6, 6.07) is 9.20. The first-order chi connectivity index (χ1) is 9.42. The quantitative estimate of drug-likeness (QED) is 0.864. The van der Waals surface area contributed by atoms with Crippen molar-refractivity contribution in [3.05, 3.63) is 24.3 Å². The molecule has 1 aromatic carbocycles. The van der Waals surface area contributed by atoms with Gasteiger partial charge in [0.1, 0.15) is 5.54 Å². The van der Waals surface area contributed by atoms with E-state index >= 15 is 0 Å². The highest BCUT2D eigenvalue weighted by molar-refractivity contribution is 5.79. The maximum Gasteiger partial charge on any atom is 0.259 e. The minimum absolute atomic E-state index is 0.00251. The smallest absolute Gasteiger partial charge is 0.259 e. The molecule has 5 nitrogen and oxygen atoms in total. The largest absolute Gasteiger partial charge is 0.493 e. The second-order valence-corrected chi connectivity index (χ2v) is 4.96. The van der Waals surface area contributed by atoms with Crippen LogP contribution in [0.25, 0.3) is 0 Å². The van der Waals surface area contributed by atoms with Gasteiger partial charge >= 0.3 is 0 Å². The number of rotatable bonds is 6. The lowest BCUT2D eigenvalue weighted by atomic mass is 9.90. The van der Waals surface area contributed by atoms with Crippen LogP contribution in [0.1, 0.15) is 20.8 Å². The maximum atomic E-state index is 11.9. The van der Waals surface area contributed by atoms with Gasteiger partial charge in [-0.2, -0.15) is 5.26 Å². The summed E-state index contributed by atoms with van der Waals surface area (Å²) in [6.45, 7) is 5.29. The number of amides is 1. The number of para-hydroxylation sites is 2. The van der Waals surface area contributed by atoms with E-state index in [-0.39, 0.29) is 18.4 Å². The predicted molar refractivity (Wildman–Crippen MR) is 75.5 cm³/mol. The Labute approximate surface area is 119 Å². The van der Waals surface area contributed by atoms with Crippen LogP contribution < -0.4 is 14.8 Å². The van der Waals surface area contributed by atoms with E-state index in [0.717, 1.165) is 0 Å². The number of nitrogens with one attached hydrogen (secondary N) is 1. The van der Waals surface area contributed by atoms with Crippen molar-refractivity contribution < 1.29 is 14.3 Å². The van der Waals surface area contributed by atoms with Crippen LogP contribution in [-0.4, -0.2) is 25.2 Å². The molecule has 0 radical (unpaired) electrons. The van der Waals surface area contributed by atoms with Crippen molar-refractivity contribution in [3.63, 3.8) is 0 Å². The van der Waals surface area contributed by atoms with E-state index in [1.54, 1.807) is 25.1 Å². The van der Waals surface area contributed by atoms with Crippen molar-refractivity contribution in [1.29, 1.82) is 5.26 Å². The van der Waals surface area contributed by atoms with Gasteiger partial charge in [0.25, 0.3) is 5.91 Å². The summed E-state index contributed by atoms with van der Waals surface area (Å²) in [6.07, 6.45) is 0. The molecule has 20 heavy (non-hydrogen) atoms. The second kappa shape index (κ2) is 6.80. The Morgan fingerprint density at radius 1 is 1.40 bits per heavy atom. The van der Waals surface area contributed by atoms with E-state index in [1.807, 2.05) is 19.9 Å². The number of nitrogens with zero attached hydrogens (tertiary/aromatic N) is 1. The van der Waals surface area contributed by atoms with E-state index < -0.39 is 5.54 Å². The fourth-order valence-electron chi connectivity index (χ4n) is 1.51. The van der Waals surface area contributed by atoms with Crippen molar-refractivity contribution >= 4 is 5.91 Å². The molecule has 1 aromatic rings. The third-order valence-corrected chi connectivity index (χ3v) is 3.21. The molecule has 0 heterocycles. The number of methoxy groups -OCH3 is 1. The molecule has 0 aliphatic heterocycles. The van der Waals surface area contributed by atoms with Gasteiger partial charge in [-0.1, -0.05) is 26.0 Å². The van der Waals surface area contributed by atoms with Gasteiger partial charge in [0, 0.05) is 0 Å². The minimum atomic E-state index is -0.902. The normalized spacial score (nSPS) is 13.2. The topological polar surface area (TPSA) is 71.3 Å². The molecular weight excluding hydrogens is 256 g/mol. The average Bonchev–Trinajstić information content (AvgIpc) is 2.45. The predicted octanol–water partition coefficient (Wildman–Crippen LogP) is 2.13. The summed E-state index contributed by atoms with van der Waals surface area (Å²) in [7, 11) is 1.54. The summed E-state index contributed by atoms with van der Waals surface area (Å²) in [5.41, 5.74) is -0.902. The van der Waals surface area contributed by atoms with Crippen LogP contribution in [0, 0.1) is 17.2 Å². The monoisotopic (exact) mass is 276 g/mol. The molecule has 0 bridgehead atoms. The lowest BCUT2D eigenvalue weighted by molar-refractivity contribution is -0.124. The van der Waals surface area contributed by atoms with Crippen LogP contribution in [0.4, 0.5) is 0 Å². The number of nitriles is 1. The standard InChI is InChI=1S/C15H20N2O3/c1-11(2)15(3,10-16)17-14(18)9-20-13-8-6-5-7-12(13)19-4/h5-8,11H,9H2,1-4H3,(H,17,18). The number of hydrogen-bond donors (Lipinski definition) is 1. The highest BCUT2D eigenvalue weighted by atomic mass is 16.5. The van der Waals surface area contributed by atoms with Crippen LogP contribution in [-0.2, 0) is 4.79 Å². The fourth-order valence-corrected chi connectivity index (χ4v) is 1.51. The van der Waals surface area contributed by atoms with Crippen LogP contribution in [0.5, 0.6) is 11.5 Å². The van der Waals surface area contributed by atoms with Crippen molar-refractivity contribution in [3.8, 4) is 17.6 Å². The molecule has 0 aliphatic rings. The molecule has 1 amide bonds. The van der Waals surface area contributed by atoms with Crippen molar-refractivity contribution in [1.82, 2.24) is 5.32 Å². The highest BCUT2D eigenvalue weighted by Gasteiger charge is 2.30. The summed E-state index contributed by atoms with van der Waals surface area (Å²) in [5, 5.41) is 11.8. The molecule has 0 fully saturated rings. The van der Waals surface area contributed by atoms with E-state index in [9.17, 15) is 4.79 Å². The Hall–Kier alpha value is -2.22. The molecule has 0 spiro atoms. The molecule has 0 aromatic heterocycles. The van der Waals surface area contributed by atoms with E-state index in [1.165, 1.54) is 7.11 Å². The van der Waals surface area contributed by atoms with Gasteiger partial charge in [-0.15, -0.1) is 0 Å². The van der Waals surface area contributed by atoms with Gasteiger partial charge < -0.3 is 14.8 Å². The van der Waals surface area contributed by atoms with Gasteiger partial charge in [0.2, 0.25) is 0 Å². The summed E-state index contributed by atoms with van der Waals surface area (Å²) < 4.78 is 10.5. The first-order valence-electron chi connectivity index (χ1n) is 6.41. The fraction of sp³-hybridized carbons (Fsp3) is 0.467. The third kappa shape index (κ3) is 3.89. The van der Waals surface area contributed by atoms with Crippen LogP contribution in [0.15, 0.2) is 24.3 Å². The number of carbonyl (C=O) groups is 1. The SMILES string of the molecule is COc1ccccc1OCC(=O)NC(C)(C#N)C(C)C. The lowest BCUT2D eigenvalue weighted by Crippen LogP contribution is -2.50. The zero-order chi connectivity index (χ0) is 15.2. The maximum absolute atomic E-state index is 11.9. The molecular formula is C15H20N2O3. The van der Waals surface area contributed by atoms with Gasteiger partial charge in [-0.25, -0.2) is 0 Å². The molecule has 1 atom stereocenters. The third-order valence-electron chi connectivity index (χ3n) is 3.21. The van der Waals surface area contributed by atoms with Crippen molar-refractivity contribution in [2.75, 3.05) is 13.7 Å². The molecule has 1 unspecified atom stereocenters. The van der Waals surface area contributed by atoms with E-state index in [4.69, 9.17) is 14.7 Å². The summed E-state index contributed by atoms with van der Waals surface area (Å²) >= 11 is 0. The van der Waals surface area contributed by atoms with Crippen molar-refractivity contribution in [2.24, 2.45) is 5.92 Å². The Balaban J connectivity index is 2.62. The van der Waals surface area contributed by atoms with E-state index in [2.05, 4.69) is 11.4 Å². The zero-order valence-electron chi connectivity index (χ0n) is 12.3. The summed E-state index contributed by atoms with van der Waals surface area (Å²) in [5.74, 6) is 0.719. The molecule has 108 valence electrons. The first kappa shape index (κ1) is 15.8. The number of benzene rings is 1. The molecule has 5 heteroatoms. The number of hydrogen-bond acceptors (Lipinski definition) is 4. The molecule has 0 saturated carbocycles. The first-order valence-corrected chi connectivity index (χ1v) is 6.41. The molecule has 0 saturated heterocycles. The minimum Gasteiger partial charge on any atom is -0.493 e. The van der Waals surface area contributed by atoms with E-state index in [0.29, 0.717) is 11.5 Å². The van der Waals surface area contributed by atoms with Gasteiger partial charge in [-0.05, 0) is 25.0 Å². The number of carbonyl (C=O) groups excluding carboxylic acids is 1.